The van der Waals surface area contributed by atoms with Crippen molar-refractivity contribution in [3.63, 3.8) is 0 Å². The van der Waals surface area contributed by atoms with E-state index in [-0.39, 0.29) is 5.91 Å². The van der Waals surface area contributed by atoms with E-state index in [2.05, 4.69) is 29.0 Å². The quantitative estimate of drug-likeness (QED) is 0.906. The molecule has 3 rings (SSSR count). The minimum atomic E-state index is 0.0721. The average molecular weight is 291 g/mol. The lowest BCUT2D eigenvalue weighted by molar-refractivity contribution is 0.0618. The van der Waals surface area contributed by atoms with Crippen LogP contribution in [0.3, 0.4) is 0 Å². The highest BCUT2D eigenvalue weighted by atomic mass is 16.2. The molecule has 1 amide bonds. The number of carbonyl (C=O) groups excluding carboxylic acids is 1. The highest BCUT2D eigenvalue weighted by molar-refractivity contribution is 5.92. The maximum Gasteiger partial charge on any atom is 0.274 e. The Hall–Kier alpha value is -1.56. The lowest BCUT2D eigenvalue weighted by Gasteiger charge is -2.35. The first-order valence-corrected chi connectivity index (χ1v) is 7.96. The van der Waals surface area contributed by atoms with Gasteiger partial charge in [0.25, 0.3) is 5.91 Å². The van der Waals surface area contributed by atoms with Crippen LogP contribution in [0.5, 0.6) is 0 Å². The van der Waals surface area contributed by atoms with Crippen LogP contribution in [0, 0.1) is 5.92 Å². The number of piperazine rings is 1. The highest BCUT2D eigenvalue weighted by Gasteiger charge is 2.25. The van der Waals surface area contributed by atoms with Crippen LogP contribution in [0.1, 0.15) is 30.8 Å². The zero-order valence-corrected chi connectivity index (χ0v) is 13.0. The molecule has 2 aliphatic rings. The largest absolute Gasteiger partial charge is 0.356 e. The van der Waals surface area contributed by atoms with E-state index in [0.717, 1.165) is 58.2 Å². The van der Waals surface area contributed by atoms with Gasteiger partial charge in [-0.05, 0) is 12.3 Å². The molecule has 6 nitrogen and oxygen atoms in total. The monoisotopic (exact) mass is 291 g/mol. The molecule has 0 radical (unpaired) electrons. The van der Waals surface area contributed by atoms with Crippen LogP contribution in [-0.4, -0.2) is 64.5 Å². The summed E-state index contributed by atoms with van der Waals surface area (Å²) >= 11 is 0. The van der Waals surface area contributed by atoms with Crippen LogP contribution in [0.25, 0.3) is 0 Å². The number of amides is 1. The summed E-state index contributed by atoms with van der Waals surface area (Å²) in [6.45, 7) is 11.0. The van der Waals surface area contributed by atoms with Gasteiger partial charge in [-0.3, -0.25) is 9.69 Å². The fourth-order valence-electron chi connectivity index (χ4n) is 3.09. The molecule has 0 bridgehead atoms. The summed E-state index contributed by atoms with van der Waals surface area (Å²) in [6.07, 6.45) is 2.98. The molecule has 0 aromatic carbocycles. The lowest BCUT2D eigenvalue weighted by Crippen LogP contribution is -2.49. The van der Waals surface area contributed by atoms with Crippen molar-refractivity contribution in [2.75, 3.05) is 44.6 Å². The van der Waals surface area contributed by atoms with Gasteiger partial charge in [-0.1, -0.05) is 13.8 Å². The van der Waals surface area contributed by atoms with Crippen molar-refractivity contribution in [3.8, 4) is 0 Å². The summed E-state index contributed by atoms with van der Waals surface area (Å²) in [5.41, 5.74) is 0.580. The third-order valence-corrected chi connectivity index (χ3v) is 4.14. The molecule has 0 atom stereocenters. The van der Waals surface area contributed by atoms with Gasteiger partial charge in [0.2, 0.25) is 5.95 Å². The standard InChI is InChI=1S/C15H25N5O/c1-12(2)10-18-6-8-19(9-7-18)14(21)13-11-20-5-3-4-16-15(20)17-13/h11-12H,3-10H2,1-2H3,(H,16,17). The fraction of sp³-hybridized carbons (Fsp3) is 0.733. The molecular weight excluding hydrogens is 266 g/mol. The van der Waals surface area contributed by atoms with Crippen molar-refractivity contribution in [2.45, 2.75) is 26.8 Å². The van der Waals surface area contributed by atoms with E-state index in [1.54, 1.807) is 0 Å². The summed E-state index contributed by atoms with van der Waals surface area (Å²) in [5, 5.41) is 3.24. The maximum absolute atomic E-state index is 12.6. The van der Waals surface area contributed by atoms with E-state index in [4.69, 9.17) is 0 Å². The van der Waals surface area contributed by atoms with Crippen molar-refractivity contribution < 1.29 is 4.79 Å². The summed E-state index contributed by atoms with van der Waals surface area (Å²) in [7, 11) is 0. The number of hydrogen-bond acceptors (Lipinski definition) is 4. The molecule has 0 aliphatic carbocycles. The SMILES string of the molecule is CC(C)CN1CCN(C(=O)c2cn3c(n2)NCCC3)CC1. The maximum atomic E-state index is 12.6. The van der Waals surface area contributed by atoms with Crippen molar-refractivity contribution in [1.29, 1.82) is 0 Å². The Kier molecular flexibility index (Phi) is 4.14. The lowest BCUT2D eigenvalue weighted by atomic mass is 10.2. The summed E-state index contributed by atoms with van der Waals surface area (Å²) in [6, 6.07) is 0. The van der Waals surface area contributed by atoms with Crippen LogP contribution >= 0.6 is 0 Å². The van der Waals surface area contributed by atoms with E-state index in [1.807, 2.05) is 15.7 Å². The minimum Gasteiger partial charge on any atom is -0.356 e. The molecule has 0 spiro atoms. The molecule has 2 aliphatic heterocycles. The van der Waals surface area contributed by atoms with Crippen molar-refractivity contribution in [1.82, 2.24) is 19.4 Å². The first-order valence-electron chi connectivity index (χ1n) is 7.96. The van der Waals surface area contributed by atoms with E-state index in [0.29, 0.717) is 11.6 Å². The van der Waals surface area contributed by atoms with Crippen LogP contribution < -0.4 is 5.32 Å². The van der Waals surface area contributed by atoms with Crippen LogP contribution in [0.15, 0.2) is 6.20 Å². The summed E-state index contributed by atoms with van der Waals surface area (Å²) in [5.74, 6) is 1.59. The molecule has 1 saturated heterocycles. The van der Waals surface area contributed by atoms with E-state index in [9.17, 15) is 4.79 Å². The number of rotatable bonds is 3. The van der Waals surface area contributed by atoms with Crippen molar-refractivity contribution in [3.05, 3.63) is 11.9 Å². The molecule has 3 heterocycles. The normalized spacial score (nSPS) is 19.5. The minimum absolute atomic E-state index is 0.0721. The van der Waals surface area contributed by atoms with Crippen molar-refractivity contribution in [2.24, 2.45) is 5.92 Å². The molecule has 21 heavy (non-hydrogen) atoms. The Morgan fingerprint density at radius 2 is 2.05 bits per heavy atom. The number of imidazole rings is 1. The van der Waals surface area contributed by atoms with Gasteiger partial charge < -0.3 is 14.8 Å². The number of fused-ring (bicyclic) bond motifs is 1. The van der Waals surface area contributed by atoms with Gasteiger partial charge >= 0.3 is 0 Å². The number of nitrogens with zero attached hydrogens (tertiary/aromatic N) is 4. The zero-order valence-electron chi connectivity index (χ0n) is 13.0. The molecule has 1 aromatic rings. The summed E-state index contributed by atoms with van der Waals surface area (Å²) in [4.78, 5) is 21.4. The first-order chi connectivity index (χ1) is 10.1. The zero-order chi connectivity index (χ0) is 14.8. The van der Waals surface area contributed by atoms with Crippen molar-refractivity contribution >= 4 is 11.9 Å². The van der Waals surface area contributed by atoms with Gasteiger partial charge in [-0.15, -0.1) is 0 Å². The Bertz CT molecular complexity index is 479. The Morgan fingerprint density at radius 1 is 1.29 bits per heavy atom. The Balaban J connectivity index is 1.60. The second-order valence-electron chi connectivity index (χ2n) is 6.41. The van der Waals surface area contributed by atoms with Gasteiger partial charge in [-0.25, -0.2) is 4.98 Å². The number of carbonyl (C=O) groups is 1. The predicted molar refractivity (Wildman–Crippen MR) is 82.5 cm³/mol. The van der Waals surface area contributed by atoms with E-state index >= 15 is 0 Å². The smallest absolute Gasteiger partial charge is 0.274 e. The average Bonchev–Trinajstić information content (AvgIpc) is 2.90. The highest BCUT2D eigenvalue weighted by Crippen LogP contribution is 2.16. The number of nitrogens with one attached hydrogen (secondary N) is 1. The fourth-order valence-corrected chi connectivity index (χ4v) is 3.09. The second kappa shape index (κ2) is 6.05. The van der Waals surface area contributed by atoms with E-state index in [1.165, 1.54) is 0 Å². The number of hydrogen-bond donors (Lipinski definition) is 1. The third kappa shape index (κ3) is 3.20. The van der Waals surface area contributed by atoms with Gasteiger partial charge in [-0.2, -0.15) is 0 Å². The molecule has 1 fully saturated rings. The molecule has 1 aromatic heterocycles. The third-order valence-electron chi connectivity index (χ3n) is 4.14. The molecule has 0 saturated carbocycles. The molecule has 0 unspecified atom stereocenters. The van der Waals surface area contributed by atoms with E-state index < -0.39 is 0 Å². The van der Waals surface area contributed by atoms with Crippen LogP contribution in [-0.2, 0) is 6.54 Å². The van der Waals surface area contributed by atoms with Gasteiger partial charge in [0.05, 0.1) is 0 Å². The molecule has 6 heteroatoms. The van der Waals surface area contributed by atoms with Gasteiger partial charge in [0.15, 0.2) is 0 Å². The van der Waals surface area contributed by atoms with Crippen LogP contribution in [0.2, 0.25) is 0 Å². The molecule has 116 valence electrons. The Morgan fingerprint density at radius 3 is 2.71 bits per heavy atom. The number of aryl methyl sites for hydroxylation is 1. The summed E-state index contributed by atoms with van der Waals surface area (Å²) < 4.78 is 2.05. The topological polar surface area (TPSA) is 53.4 Å². The first kappa shape index (κ1) is 14.4. The number of anilines is 1. The Labute approximate surface area is 126 Å². The number of aromatic nitrogens is 2. The van der Waals surface area contributed by atoms with Gasteiger partial charge in [0.1, 0.15) is 5.69 Å². The van der Waals surface area contributed by atoms with Gasteiger partial charge in [0, 0.05) is 52.0 Å². The molecule has 1 N–H and O–H groups in total. The van der Waals surface area contributed by atoms with Crippen LogP contribution in [0.4, 0.5) is 5.95 Å². The second-order valence-corrected chi connectivity index (χ2v) is 6.41. The predicted octanol–water partition coefficient (Wildman–Crippen LogP) is 1.11. The molecular formula is C15H25N5O.